The Bertz CT molecular complexity index is 1200. The monoisotopic (exact) mass is 447 g/mol. The highest BCUT2D eigenvalue weighted by atomic mass is 16.5. The van der Waals surface area contributed by atoms with Gasteiger partial charge in [-0.05, 0) is 41.5 Å². The number of hydrogen-bond acceptors (Lipinski definition) is 6. The lowest BCUT2D eigenvalue weighted by molar-refractivity contribution is 0.0535. The highest BCUT2D eigenvalue weighted by molar-refractivity contribution is 5.97. The molecule has 170 valence electrons. The standard InChI is InChI=1S/C26H25NO6/c1-27(2)25(28)17-10-8-16(9-11-17)14-32-23-19(12-13-22(30-3)24(23)31-4)18-6-5-7-20-21(18)15-33-26(20)29/h5-13H,14-15H2,1-4H3. The maximum atomic E-state index is 12.1. The number of hydrogen-bond donors (Lipinski definition) is 0. The van der Waals surface area contributed by atoms with Gasteiger partial charge in [-0.15, -0.1) is 0 Å². The van der Waals surface area contributed by atoms with E-state index in [4.69, 9.17) is 18.9 Å². The molecule has 7 nitrogen and oxygen atoms in total. The number of carbonyl (C=O) groups excluding carboxylic acids is 2. The SMILES string of the molecule is COc1ccc(-c2cccc3c2COC3=O)c(OCc2ccc(C(=O)N(C)C)cc2)c1OC. The molecule has 0 radical (unpaired) electrons. The fourth-order valence-electron chi connectivity index (χ4n) is 3.81. The van der Waals surface area contributed by atoms with Crippen LogP contribution in [0.15, 0.2) is 54.6 Å². The van der Waals surface area contributed by atoms with Crippen LogP contribution in [0.2, 0.25) is 0 Å². The van der Waals surface area contributed by atoms with Gasteiger partial charge in [0, 0.05) is 30.8 Å². The summed E-state index contributed by atoms with van der Waals surface area (Å²) < 4.78 is 22.6. The van der Waals surface area contributed by atoms with E-state index in [1.165, 1.54) is 4.90 Å². The molecule has 0 aliphatic carbocycles. The van der Waals surface area contributed by atoms with Crippen molar-refractivity contribution >= 4 is 11.9 Å². The maximum absolute atomic E-state index is 12.1. The Hall–Kier alpha value is -4.00. The van der Waals surface area contributed by atoms with E-state index in [-0.39, 0.29) is 25.1 Å². The summed E-state index contributed by atoms with van der Waals surface area (Å²) >= 11 is 0. The molecule has 0 N–H and O–H groups in total. The smallest absolute Gasteiger partial charge is 0.338 e. The molecule has 0 atom stereocenters. The average Bonchev–Trinajstić information content (AvgIpc) is 3.22. The molecule has 0 aromatic heterocycles. The van der Waals surface area contributed by atoms with Crippen LogP contribution in [0.3, 0.4) is 0 Å². The Balaban J connectivity index is 1.71. The normalized spacial score (nSPS) is 12.1. The van der Waals surface area contributed by atoms with Crippen LogP contribution in [0.1, 0.15) is 31.8 Å². The Labute approximate surface area is 192 Å². The van der Waals surface area contributed by atoms with Crippen LogP contribution in [0.5, 0.6) is 17.2 Å². The molecule has 3 aromatic rings. The van der Waals surface area contributed by atoms with Crippen LogP contribution in [0.4, 0.5) is 0 Å². The zero-order valence-electron chi connectivity index (χ0n) is 19.0. The van der Waals surface area contributed by atoms with Gasteiger partial charge < -0.3 is 23.8 Å². The molecule has 4 rings (SSSR count). The van der Waals surface area contributed by atoms with Crippen molar-refractivity contribution in [2.75, 3.05) is 28.3 Å². The van der Waals surface area contributed by atoms with Crippen LogP contribution in [-0.4, -0.2) is 45.1 Å². The molecule has 0 fully saturated rings. The van der Waals surface area contributed by atoms with Crippen molar-refractivity contribution < 1.29 is 28.5 Å². The number of ether oxygens (including phenoxy) is 4. The second-order valence-electron chi connectivity index (χ2n) is 7.77. The molecule has 1 aliphatic heterocycles. The largest absolute Gasteiger partial charge is 0.493 e. The number of esters is 1. The van der Waals surface area contributed by atoms with E-state index < -0.39 is 0 Å². The Morgan fingerprint density at radius 2 is 1.64 bits per heavy atom. The first-order valence-corrected chi connectivity index (χ1v) is 10.4. The zero-order valence-corrected chi connectivity index (χ0v) is 19.0. The van der Waals surface area contributed by atoms with E-state index >= 15 is 0 Å². The maximum Gasteiger partial charge on any atom is 0.338 e. The zero-order chi connectivity index (χ0) is 23.5. The first kappa shape index (κ1) is 22.2. The third-order valence-electron chi connectivity index (χ3n) is 5.52. The van der Waals surface area contributed by atoms with Gasteiger partial charge >= 0.3 is 5.97 Å². The second-order valence-corrected chi connectivity index (χ2v) is 7.77. The molecular formula is C26H25NO6. The summed E-state index contributed by atoms with van der Waals surface area (Å²) in [7, 11) is 6.55. The van der Waals surface area contributed by atoms with Crippen molar-refractivity contribution in [3.8, 4) is 28.4 Å². The molecule has 0 unspecified atom stereocenters. The van der Waals surface area contributed by atoms with E-state index in [1.54, 1.807) is 52.6 Å². The summed E-state index contributed by atoms with van der Waals surface area (Å²) in [6, 6.07) is 16.5. The summed E-state index contributed by atoms with van der Waals surface area (Å²) in [6.45, 7) is 0.455. The molecule has 33 heavy (non-hydrogen) atoms. The van der Waals surface area contributed by atoms with Crippen molar-refractivity contribution in [1.29, 1.82) is 0 Å². The van der Waals surface area contributed by atoms with Gasteiger partial charge in [-0.1, -0.05) is 24.3 Å². The number of rotatable bonds is 7. The lowest BCUT2D eigenvalue weighted by atomic mass is 9.95. The molecule has 7 heteroatoms. The minimum Gasteiger partial charge on any atom is -0.493 e. The van der Waals surface area contributed by atoms with E-state index in [1.807, 2.05) is 30.3 Å². The summed E-state index contributed by atoms with van der Waals surface area (Å²) in [4.78, 5) is 25.7. The van der Waals surface area contributed by atoms with Crippen LogP contribution in [0, 0.1) is 0 Å². The first-order valence-electron chi connectivity index (χ1n) is 10.4. The van der Waals surface area contributed by atoms with Gasteiger partial charge in [0.2, 0.25) is 5.75 Å². The molecule has 3 aromatic carbocycles. The summed E-state index contributed by atoms with van der Waals surface area (Å²) in [5.74, 6) is 1.09. The number of nitrogens with zero attached hydrogens (tertiary/aromatic N) is 1. The number of cyclic esters (lactones) is 1. The molecule has 0 saturated carbocycles. The Morgan fingerprint density at radius 1 is 0.909 bits per heavy atom. The number of fused-ring (bicyclic) bond motifs is 1. The number of amides is 1. The van der Waals surface area contributed by atoms with E-state index in [0.717, 1.165) is 22.3 Å². The molecule has 0 bridgehead atoms. The van der Waals surface area contributed by atoms with Gasteiger partial charge in [0.25, 0.3) is 5.91 Å². The molecular weight excluding hydrogens is 422 g/mol. The van der Waals surface area contributed by atoms with Crippen molar-refractivity contribution in [1.82, 2.24) is 4.90 Å². The fraction of sp³-hybridized carbons (Fsp3) is 0.231. The van der Waals surface area contributed by atoms with E-state index in [0.29, 0.717) is 28.4 Å². The first-order chi connectivity index (χ1) is 15.9. The van der Waals surface area contributed by atoms with Crippen molar-refractivity contribution in [3.63, 3.8) is 0 Å². The van der Waals surface area contributed by atoms with Crippen LogP contribution in [0.25, 0.3) is 11.1 Å². The van der Waals surface area contributed by atoms with Gasteiger partial charge in [-0.25, -0.2) is 4.79 Å². The van der Waals surface area contributed by atoms with Crippen LogP contribution in [-0.2, 0) is 18.0 Å². The summed E-state index contributed by atoms with van der Waals surface area (Å²) in [6.07, 6.45) is 0. The Morgan fingerprint density at radius 3 is 2.30 bits per heavy atom. The van der Waals surface area contributed by atoms with Crippen molar-refractivity contribution in [2.45, 2.75) is 13.2 Å². The third kappa shape index (κ3) is 4.22. The van der Waals surface area contributed by atoms with Crippen LogP contribution >= 0.6 is 0 Å². The fourth-order valence-corrected chi connectivity index (χ4v) is 3.81. The lowest BCUT2D eigenvalue weighted by Gasteiger charge is -2.19. The second kappa shape index (κ2) is 9.24. The Kier molecular flexibility index (Phi) is 6.22. The van der Waals surface area contributed by atoms with Gasteiger partial charge in [0.1, 0.15) is 13.2 Å². The molecule has 0 saturated heterocycles. The number of carbonyl (C=O) groups is 2. The van der Waals surface area contributed by atoms with Crippen molar-refractivity contribution in [3.05, 3.63) is 76.9 Å². The van der Waals surface area contributed by atoms with Gasteiger partial charge in [0.15, 0.2) is 11.5 Å². The highest BCUT2D eigenvalue weighted by Crippen LogP contribution is 2.46. The van der Waals surface area contributed by atoms with E-state index in [9.17, 15) is 9.59 Å². The topological polar surface area (TPSA) is 74.3 Å². The lowest BCUT2D eigenvalue weighted by Crippen LogP contribution is -2.21. The third-order valence-corrected chi connectivity index (χ3v) is 5.52. The van der Waals surface area contributed by atoms with E-state index in [2.05, 4.69) is 0 Å². The van der Waals surface area contributed by atoms with Gasteiger partial charge in [0.05, 0.1) is 19.8 Å². The predicted octanol–water partition coefficient (Wildman–Crippen LogP) is 4.32. The van der Waals surface area contributed by atoms with Crippen LogP contribution < -0.4 is 14.2 Å². The van der Waals surface area contributed by atoms with Crippen molar-refractivity contribution in [2.24, 2.45) is 0 Å². The quantitative estimate of drug-likeness (QED) is 0.502. The minimum atomic E-state index is -0.331. The molecule has 1 aliphatic rings. The molecule has 1 heterocycles. The summed E-state index contributed by atoms with van der Waals surface area (Å²) in [5, 5.41) is 0. The van der Waals surface area contributed by atoms with Gasteiger partial charge in [-0.3, -0.25) is 4.79 Å². The number of benzene rings is 3. The predicted molar refractivity (Wildman–Crippen MR) is 123 cm³/mol. The number of methoxy groups -OCH3 is 2. The molecule has 1 amide bonds. The average molecular weight is 447 g/mol. The molecule has 0 spiro atoms. The minimum absolute atomic E-state index is 0.0612. The highest BCUT2D eigenvalue weighted by Gasteiger charge is 2.27. The van der Waals surface area contributed by atoms with Gasteiger partial charge in [-0.2, -0.15) is 0 Å². The summed E-state index contributed by atoms with van der Waals surface area (Å²) in [5.41, 5.74) is 4.45.